The standard InChI is InChI=1S/C31H24F3N5O4S/c1-16-8-19(28-22(9-16)38-27(41-2)15-36-28)29-39-21-11-20(32)24(12-26(21)44-29)42-25-13-31(33,34)7-6-23(25)43-30(40)37-18-5-3-4-17(10-18)14-35/h3-5,8-12,15,23,25H,6-7,13H2,1-2H3,(H,37,40)/t23-,25?/m0/s1. The van der Waals surface area contributed by atoms with Gasteiger partial charge in [0.1, 0.15) is 17.2 Å². The lowest BCUT2D eigenvalue weighted by Gasteiger charge is -2.35. The van der Waals surface area contributed by atoms with Crippen molar-refractivity contribution in [1.82, 2.24) is 15.0 Å². The normalized spacial score (nSPS) is 17.6. The number of carbonyl (C=O) groups excluding carboxylic acids is 1. The first-order valence-electron chi connectivity index (χ1n) is 13.5. The minimum Gasteiger partial charge on any atom is -0.483 e. The number of thiazole rings is 1. The molecule has 1 N–H and O–H groups in total. The highest BCUT2D eigenvalue weighted by Crippen LogP contribution is 2.40. The lowest BCUT2D eigenvalue weighted by molar-refractivity contribution is -0.114. The molecule has 6 rings (SSSR count). The molecule has 1 saturated carbocycles. The molecule has 13 heteroatoms. The van der Waals surface area contributed by atoms with Crippen molar-refractivity contribution in [3.8, 4) is 28.3 Å². The quantitative estimate of drug-likeness (QED) is 0.209. The number of halogens is 3. The van der Waals surface area contributed by atoms with Crippen molar-refractivity contribution >= 4 is 44.4 Å². The molecular weight excluding hydrogens is 595 g/mol. The summed E-state index contributed by atoms with van der Waals surface area (Å²) in [7, 11) is 1.50. The van der Waals surface area contributed by atoms with Crippen LogP contribution in [0.2, 0.25) is 0 Å². The minimum atomic E-state index is -3.09. The van der Waals surface area contributed by atoms with Crippen LogP contribution in [0.4, 0.5) is 23.7 Å². The Bertz CT molecular complexity index is 1940. The fourth-order valence-corrected chi connectivity index (χ4v) is 6.07. The van der Waals surface area contributed by atoms with Gasteiger partial charge in [-0.25, -0.2) is 32.9 Å². The second-order valence-corrected chi connectivity index (χ2v) is 11.4. The molecule has 0 aliphatic heterocycles. The molecule has 1 fully saturated rings. The molecule has 1 aliphatic carbocycles. The van der Waals surface area contributed by atoms with Gasteiger partial charge in [-0.05, 0) is 49.2 Å². The molecule has 44 heavy (non-hydrogen) atoms. The number of anilines is 1. The first kappa shape index (κ1) is 29.1. The highest BCUT2D eigenvalue weighted by Gasteiger charge is 2.45. The molecule has 0 spiro atoms. The van der Waals surface area contributed by atoms with Crippen molar-refractivity contribution in [3.05, 3.63) is 71.7 Å². The van der Waals surface area contributed by atoms with E-state index in [2.05, 4.69) is 20.3 Å². The maximum Gasteiger partial charge on any atom is 0.412 e. The van der Waals surface area contributed by atoms with Crippen LogP contribution >= 0.6 is 11.3 Å². The Morgan fingerprint density at radius 3 is 2.77 bits per heavy atom. The summed E-state index contributed by atoms with van der Waals surface area (Å²) in [5, 5.41) is 12.1. The van der Waals surface area contributed by atoms with Crippen molar-refractivity contribution < 1.29 is 32.2 Å². The summed E-state index contributed by atoms with van der Waals surface area (Å²) in [6.07, 6.45) is -3.27. The number of benzene rings is 3. The van der Waals surface area contributed by atoms with Crippen LogP contribution in [0.5, 0.6) is 11.6 Å². The predicted molar refractivity (Wildman–Crippen MR) is 158 cm³/mol. The lowest BCUT2D eigenvalue weighted by atomic mass is 9.91. The Morgan fingerprint density at radius 1 is 1.14 bits per heavy atom. The summed E-state index contributed by atoms with van der Waals surface area (Å²) >= 11 is 1.26. The van der Waals surface area contributed by atoms with E-state index in [1.807, 2.05) is 25.1 Å². The topological polar surface area (TPSA) is 119 Å². The predicted octanol–water partition coefficient (Wildman–Crippen LogP) is 7.42. The van der Waals surface area contributed by atoms with Crippen LogP contribution in [-0.4, -0.2) is 46.3 Å². The van der Waals surface area contributed by atoms with Gasteiger partial charge >= 0.3 is 6.09 Å². The van der Waals surface area contributed by atoms with Gasteiger partial charge in [-0.15, -0.1) is 11.3 Å². The second kappa shape index (κ2) is 11.6. The Balaban J connectivity index is 1.27. The third-order valence-corrected chi connectivity index (χ3v) is 8.19. The fourth-order valence-electron chi connectivity index (χ4n) is 5.08. The third-order valence-electron chi connectivity index (χ3n) is 7.13. The van der Waals surface area contributed by atoms with Gasteiger partial charge in [0.15, 0.2) is 11.6 Å². The van der Waals surface area contributed by atoms with Crippen molar-refractivity contribution in [1.29, 1.82) is 5.26 Å². The van der Waals surface area contributed by atoms with Gasteiger partial charge in [0.05, 0.1) is 52.6 Å². The number of aromatic nitrogens is 3. The molecule has 1 amide bonds. The number of alkyl halides is 2. The van der Waals surface area contributed by atoms with E-state index < -0.39 is 42.9 Å². The van der Waals surface area contributed by atoms with Gasteiger partial charge in [-0.1, -0.05) is 6.07 Å². The number of fused-ring (bicyclic) bond motifs is 2. The average Bonchev–Trinajstić information content (AvgIpc) is 3.40. The van der Waals surface area contributed by atoms with E-state index >= 15 is 4.39 Å². The molecule has 2 heterocycles. The van der Waals surface area contributed by atoms with Gasteiger partial charge in [-0.2, -0.15) is 5.26 Å². The number of rotatable bonds is 6. The van der Waals surface area contributed by atoms with Gasteiger partial charge < -0.3 is 14.2 Å². The molecule has 0 saturated heterocycles. The van der Waals surface area contributed by atoms with E-state index in [0.29, 0.717) is 49.0 Å². The number of nitrogens with zero attached hydrogens (tertiary/aromatic N) is 4. The summed E-state index contributed by atoms with van der Waals surface area (Å²) in [5.74, 6) is -3.78. The number of ether oxygens (including phenoxy) is 3. The van der Waals surface area contributed by atoms with Crippen LogP contribution in [-0.2, 0) is 4.74 Å². The van der Waals surface area contributed by atoms with E-state index in [9.17, 15) is 13.6 Å². The fraction of sp³-hybridized carbons (Fsp3) is 0.258. The molecule has 1 aliphatic rings. The molecule has 0 bridgehead atoms. The van der Waals surface area contributed by atoms with Crippen LogP contribution < -0.4 is 14.8 Å². The first-order chi connectivity index (χ1) is 21.1. The van der Waals surface area contributed by atoms with Crippen molar-refractivity contribution in [2.75, 3.05) is 12.4 Å². The molecule has 0 radical (unpaired) electrons. The monoisotopic (exact) mass is 619 g/mol. The number of methoxy groups -OCH3 is 1. The third kappa shape index (κ3) is 6.07. The molecular formula is C31H24F3N5O4S. The van der Waals surface area contributed by atoms with Crippen LogP contribution in [0, 0.1) is 24.1 Å². The number of aryl methyl sites for hydroxylation is 1. The second-order valence-electron chi connectivity index (χ2n) is 10.4. The molecule has 5 aromatic rings. The number of nitriles is 1. The maximum atomic E-state index is 15.3. The highest BCUT2D eigenvalue weighted by atomic mass is 32.1. The molecule has 9 nitrogen and oxygen atoms in total. The molecule has 3 aromatic carbocycles. The van der Waals surface area contributed by atoms with Gasteiger partial charge in [0.2, 0.25) is 5.88 Å². The smallest absolute Gasteiger partial charge is 0.412 e. The van der Waals surface area contributed by atoms with E-state index in [1.165, 1.54) is 42.8 Å². The summed E-state index contributed by atoms with van der Waals surface area (Å²) in [6, 6.07) is 14.5. The Morgan fingerprint density at radius 2 is 1.98 bits per heavy atom. The zero-order chi connectivity index (χ0) is 31.0. The Hall–Kier alpha value is -4.96. The van der Waals surface area contributed by atoms with E-state index in [4.69, 9.17) is 19.5 Å². The van der Waals surface area contributed by atoms with Gasteiger partial charge in [0.25, 0.3) is 5.92 Å². The Kier molecular flexibility index (Phi) is 7.69. The van der Waals surface area contributed by atoms with Crippen molar-refractivity contribution in [2.45, 2.75) is 44.3 Å². The molecule has 2 aromatic heterocycles. The molecule has 224 valence electrons. The number of hydrogen-bond donors (Lipinski definition) is 1. The van der Waals surface area contributed by atoms with Crippen LogP contribution in [0.15, 0.2) is 54.7 Å². The van der Waals surface area contributed by atoms with E-state index in [0.717, 1.165) is 5.56 Å². The van der Waals surface area contributed by atoms with E-state index in [-0.39, 0.29) is 12.2 Å². The first-order valence-corrected chi connectivity index (χ1v) is 14.4. The summed E-state index contributed by atoms with van der Waals surface area (Å²) in [5.41, 5.74) is 3.79. The van der Waals surface area contributed by atoms with Gasteiger partial charge in [-0.3, -0.25) is 5.32 Å². The largest absolute Gasteiger partial charge is 0.483 e. The van der Waals surface area contributed by atoms with Crippen molar-refractivity contribution in [3.63, 3.8) is 0 Å². The SMILES string of the molecule is COc1cnc2c(-c3nc4cc(F)c(OC5CC(F)(F)CC[C@@H]5OC(=O)Nc5cccc(C#N)c5)cc4s3)cc(C)cc2n1. The summed E-state index contributed by atoms with van der Waals surface area (Å²) in [6.45, 7) is 1.91. The average molecular weight is 620 g/mol. The summed E-state index contributed by atoms with van der Waals surface area (Å²) in [4.78, 5) is 26.2. The zero-order valence-corrected chi connectivity index (χ0v) is 24.3. The highest BCUT2D eigenvalue weighted by molar-refractivity contribution is 7.21. The lowest BCUT2D eigenvalue weighted by Crippen LogP contribution is -2.45. The number of amides is 1. The number of hydrogen-bond acceptors (Lipinski definition) is 9. The molecule has 2 atom stereocenters. The number of carbonyl (C=O) groups is 1. The van der Waals surface area contributed by atoms with Crippen molar-refractivity contribution in [2.24, 2.45) is 0 Å². The zero-order valence-electron chi connectivity index (χ0n) is 23.4. The van der Waals surface area contributed by atoms with Crippen LogP contribution in [0.1, 0.15) is 30.4 Å². The van der Waals surface area contributed by atoms with Crippen LogP contribution in [0.25, 0.3) is 31.8 Å². The number of nitrogens with one attached hydrogen (secondary N) is 1. The maximum absolute atomic E-state index is 15.3. The summed E-state index contributed by atoms with van der Waals surface area (Å²) < 4.78 is 61.2. The van der Waals surface area contributed by atoms with Crippen LogP contribution in [0.3, 0.4) is 0 Å². The molecule has 1 unspecified atom stereocenters. The Labute approximate surface area is 253 Å². The van der Waals surface area contributed by atoms with E-state index in [1.54, 1.807) is 18.2 Å². The van der Waals surface area contributed by atoms with Gasteiger partial charge in [0, 0.05) is 29.8 Å². The minimum absolute atomic E-state index is 0.190.